The maximum Gasteiger partial charge on any atom is 0.335 e. The Kier molecular flexibility index (Phi) is 7.44. The van der Waals surface area contributed by atoms with Crippen LogP contribution in [0.15, 0.2) is 78.9 Å². The number of carboxylic acid groups (broad SMARTS) is 1. The molecular weight excluding hydrogens is 450 g/mol. The number of likely N-dealkylation sites (tertiary alicyclic amines) is 1. The Morgan fingerprint density at radius 2 is 1.56 bits per heavy atom. The van der Waals surface area contributed by atoms with Gasteiger partial charge in [0, 0.05) is 29.8 Å². The molecule has 1 aliphatic heterocycles. The van der Waals surface area contributed by atoms with Crippen LogP contribution in [0.2, 0.25) is 0 Å². The van der Waals surface area contributed by atoms with Crippen molar-refractivity contribution in [3.8, 4) is 0 Å². The van der Waals surface area contributed by atoms with Crippen molar-refractivity contribution in [2.45, 2.75) is 37.8 Å². The number of rotatable bonds is 9. The number of hydrogen-bond acceptors (Lipinski definition) is 4. The van der Waals surface area contributed by atoms with Gasteiger partial charge in [-0.3, -0.25) is 9.69 Å². The minimum absolute atomic E-state index is 0.0866. The molecule has 0 radical (unpaired) electrons. The van der Waals surface area contributed by atoms with Gasteiger partial charge < -0.3 is 15.7 Å². The number of carbonyl (C=O) groups excluding carboxylic acids is 1. The van der Waals surface area contributed by atoms with Crippen LogP contribution in [-0.4, -0.2) is 47.6 Å². The van der Waals surface area contributed by atoms with Crippen LogP contribution in [0.4, 0.5) is 5.69 Å². The molecule has 1 aliphatic carbocycles. The average molecular weight is 484 g/mol. The predicted octanol–water partition coefficient (Wildman–Crippen LogP) is 4.99. The van der Waals surface area contributed by atoms with Gasteiger partial charge in [0.05, 0.1) is 5.56 Å². The van der Waals surface area contributed by atoms with E-state index in [4.69, 9.17) is 5.11 Å². The fourth-order valence-electron chi connectivity index (χ4n) is 5.07. The first-order valence-electron chi connectivity index (χ1n) is 12.8. The van der Waals surface area contributed by atoms with E-state index in [1.165, 1.54) is 30.4 Å². The van der Waals surface area contributed by atoms with Gasteiger partial charge in [0.2, 0.25) is 0 Å². The zero-order valence-electron chi connectivity index (χ0n) is 20.4. The third kappa shape index (κ3) is 6.20. The van der Waals surface area contributed by atoms with Crippen LogP contribution in [0.3, 0.4) is 0 Å². The smallest absolute Gasteiger partial charge is 0.335 e. The zero-order valence-corrected chi connectivity index (χ0v) is 20.4. The standard InChI is InChI=1S/C30H33N3O3/c34-29(24-4-2-1-3-5-24)32-26-12-10-23(11-13-26)27-18-28(27)31-19-21-14-16-33(17-15-21)20-22-6-8-25(9-7-22)30(35)36/h1-13,21,27-28,31H,14-20H2,(H,32,34)(H,35,36). The molecule has 0 spiro atoms. The van der Waals surface area contributed by atoms with Crippen molar-refractivity contribution in [1.29, 1.82) is 0 Å². The van der Waals surface area contributed by atoms with Crippen molar-refractivity contribution in [3.05, 3.63) is 101 Å². The first-order valence-corrected chi connectivity index (χ1v) is 12.8. The van der Waals surface area contributed by atoms with Crippen LogP contribution in [-0.2, 0) is 6.54 Å². The van der Waals surface area contributed by atoms with Gasteiger partial charge >= 0.3 is 5.97 Å². The van der Waals surface area contributed by atoms with Gasteiger partial charge in [0.25, 0.3) is 5.91 Å². The van der Waals surface area contributed by atoms with E-state index in [1.54, 1.807) is 12.1 Å². The fourth-order valence-corrected chi connectivity index (χ4v) is 5.07. The maximum absolute atomic E-state index is 12.3. The van der Waals surface area contributed by atoms with Crippen LogP contribution >= 0.6 is 0 Å². The van der Waals surface area contributed by atoms with E-state index in [1.807, 2.05) is 54.6 Å². The third-order valence-electron chi connectivity index (χ3n) is 7.41. The van der Waals surface area contributed by atoms with Gasteiger partial charge in [-0.15, -0.1) is 0 Å². The molecule has 2 unspecified atom stereocenters. The lowest BCUT2D eigenvalue weighted by Crippen LogP contribution is -2.37. The Hall–Kier alpha value is -3.48. The SMILES string of the molecule is O=C(O)c1ccc(CN2CCC(CNC3CC3c3ccc(NC(=O)c4ccccc4)cc3)CC2)cc1. The highest BCUT2D eigenvalue weighted by atomic mass is 16.4. The highest BCUT2D eigenvalue weighted by Gasteiger charge is 2.38. The van der Waals surface area contributed by atoms with Gasteiger partial charge in [-0.25, -0.2) is 4.79 Å². The minimum Gasteiger partial charge on any atom is -0.478 e. The lowest BCUT2D eigenvalue weighted by Gasteiger charge is -2.32. The highest BCUT2D eigenvalue weighted by Crippen LogP contribution is 2.41. The summed E-state index contributed by atoms with van der Waals surface area (Å²) in [6.45, 7) is 4.11. The van der Waals surface area contributed by atoms with E-state index in [2.05, 4.69) is 27.7 Å². The second-order valence-electron chi connectivity index (χ2n) is 10.0. The Morgan fingerprint density at radius 3 is 2.22 bits per heavy atom. The first kappa shape index (κ1) is 24.2. The Labute approximate surface area is 212 Å². The molecule has 6 heteroatoms. The van der Waals surface area contributed by atoms with Gasteiger partial charge in [-0.1, -0.05) is 42.5 Å². The normalized spacial score (nSPS) is 20.1. The monoisotopic (exact) mass is 483 g/mol. The Balaban J connectivity index is 1.02. The third-order valence-corrected chi connectivity index (χ3v) is 7.41. The van der Waals surface area contributed by atoms with Gasteiger partial charge in [-0.05, 0) is 92.3 Å². The van der Waals surface area contributed by atoms with Crippen LogP contribution < -0.4 is 10.6 Å². The highest BCUT2D eigenvalue weighted by molar-refractivity contribution is 6.04. The van der Waals surface area contributed by atoms with Crippen molar-refractivity contribution in [2.24, 2.45) is 5.92 Å². The van der Waals surface area contributed by atoms with E-state index in [9.17, 15) is 9.59 Å². The second-order valence-corrected chi connectivity index (χ2v) is 10.0. The number of carboxylic acids is 1. The molecule has 0 aromatic heterocycles. The van der Waals surface area contributed by atoms with E-state index in [0.29, 0.717) is 29.0 Å². The molecule has 3 aromatic carbocycles. The van der Waals surface area contributed by atoms with Crippen molar-refractivity contribution < 1.29 is 14.7 Å². The van der Waals surface area contributed by atoms with Crippen molar-refractivity contribution in [1.82, 2.24) is 10.2 Å². The molecule has 1 saturated heterocycles. The zero-order chi connectivity index (χ0) is 24.9. The molecule has 5 rings (SSSR count). The van der Waals surface area contributed by atoms with Crippen molar-refractivity contribution >= 4 is 17.6 Å². The summed E-state index contributed by atoms with van der Waals surface area (Å²) in [6.07, 6.45) is 3.54. The van der Waals surface area contributed by atoms with E-state index < -0.39 is 5.97 Å². The molecule has 2 fully saturated rings. The number of hydrogen-bond donors (Lipinski definition) is 3. The second kappa shape index (κ2) is 11.1. The number of nitrogens with zero attached hydrogens (tertiary/aromatic N) is 1. The first-order chi connectivity index (χ1) is 17.5. The Bertz CT molecular complexity index is 1170. The number of carbonyl (C=O) groups is 2. The van der Waals surface area contributed by atoms with Crippen LogP contribution in [0, 0.1) is 5.92 Å². The average Bonchev–Trinajstić information content (AvgIpc) is 3.69. The predicted molar refractivity (Wildman–Crippen MR) is 141 cm³/mol. The molecule has 1 amide bonds. The van der Waals surface area contributed by atoms with Crippen LogP contribution in [0.5, 0.6) is 0 Å². The quantitative estimate of drug-likeness (QED) is 0.399. The summed E-state index contributed by atoms with van der Waals surface area (Å²) in [5.41, 5.74) is 4.32. The van der Waals surface area contributed by atoms with E-state index in [-0.39, 0.29) is 5.91 Å². The molecule has 186 valence electrons. The number of benzene rings is 3. The summed E-state index contributed by atoms with van der Waals surface area (Å²) in [4.78, 5) is 25.8. The molecule has 1 saturated carbocycles. The van der Waals surface area contributed by atoms with Crippen LogP contribution in [0.1, 0.15) is 57.0 Å². The fraction of sp³-hybridized carbons (Fsp3) is 0.333. The summed E-state index contributed by atoms with van der Waals surface area (Å²) in [6, 6.07) is 25.3. The lowest BCUT2D eigenvalue weighted by molar-refractivity contribution is 0.0696. The maximum atomic E-state index is 12.3. The summed E-state index contributed by atoms with van der Waals surface area (Å²) >= 11 is 0. The number of anilines is 1. The molecule has 3 N–H and O–H groups in total. The van der Waals surface area contributed by atoms with Gasteiger partial charge in [0.15, 0.2) is 0 Å². The Morgan fingerprint density at radius 1 is 0.861 bits per heavy atom. The number of aromatic carboxylic acids is 1. The van der Waals surface area contributed by atoms with E-state index >= 15 is 0 Å². The molecule has 36 heavy (non-hydrogen) atoms. The molecule has 3 aromatic rings. The number of amides is 1. The summed E-state index contributed by atoms with van der Waals surface area (Å²) < 4.78 is 0. The van der Waals surface area contributed by atoms with Crippen molar-refractivity contribution in [3.63, 3.8) is 0 Å². The molecule has 2 aliphatic rings. The van der Waals surface area contributed by atoms with Crippen LogP contribution in [0.25, 0.3) is 0 Å². The summed E-state index contributed by atoms with van der Waals surface area (Å²) in [5.74, 6) is 0.291. The summed E-state index contributed by atoms with van der Waals surface area (Å²) in [7, 11) is 0. The lowest BCUT2D eigenvalue weighted by atomic mass is 9.96. The largest absolute Gasteiger partial charge is 0.478 e. The number of piperidine rings is 1. The van der Waals surface area contributed by atoms with Crippen molar-refractivity contribution in [2.75, 3.05) is 25.0 Å². The molecule has 0 bridgehead atoms. The minimum atomic E-state index is -0.878. The van der Waals surface area contributed by atoms with Gasteiger partial charge in [-0.2, -0.15) is 0 Å². The molecule has 1 heterocycles. The van der Waals surface area contributed by atoms with Gasteiger partial charge in [0.1, 0.15) is 0 Å². The molecular formula is C30H33N3O3. The topological polar surface area (TPSA) is 81.7 Å². The molecule has 2 atom stereocenters. The van der Waals surface area contributed by atoms with E-state index in [0.717, 1.165) is 31.9 Å². The summed E-state index contributed by atoms with van der Waals surface area (Å²) in [5, 5.41) is 15.8. The number of nitrogens with one attached hydrogen (secondary N) is 2. The molecule has 6 nitrogen and oxygen atoms in total.